The summed E-state index contributed by atoms with van der Waals surface area (Å²) in [7, 11) is 3.06. The SMILES string of the molecule is COC(=O)C1CCN(C(=O)C=Cc2ccc3cc(OC)ccc3c2)CC1. The van der Waals surface area contributed by atoms with Gasteiger partial charge in [0.05, 0.1) is 20.1 Å². The number of amides is 1. The standard InChI is InChI=1S/C21H23NO4/c1-25-19-7-6-17-13-15(3-5-18(17)14-19)4-8-20(23)22-11-9-16(10-12-22)21(24)26-2/h3-8,13-14,16H,9-12H2,1-2H3. The van der Waals surface area contributed by atoms with Crippen molar-refractivity contribution in [1.29, 1.82) is 0 Å². The number of ether oxygens (including phenoxy) is 2. The minimum absolute atomic E-state index is 0.0249. The Morgan fingerprint density at radius 1 is 1.04 bits per heavy atom. The summed E-state index contributed by atoms with van der Waals surface area (Å²) < 4.78 is 10.0. The molecule has 1 saturated heterocycles. The van der Waals surface area contributed by atoms with Crippen molar-refractivity contribution in [3.63, 3.8) is 0 Å². The first-order valence-corrected chi connectivity index (χ1v) is 8.73. The first-order valence-electron chi connectivity index (χ1n) is 8.73. The van der Waals surface area contributed by atoms with Gasteiger partial charge in [-0.3, -0.25) is 9.59 Å². The van der Waals surface area contributed by atoms with Crippen molar-refractivity contribution in [2.75, 3.05) is 27.3 Å². The molecule has 136 valence electrons. The van der Waals surface area contributed by atoms with Crippen LogP contribution >= 0.6 is 0 Å². The van der Waals surface area contributed by atoms with Crippen molar-refractivity contribution in [3.8, 4) is 5.75 Å². The predicted octanol–water partition coefficient (Wildman–Crippen LogP) is 3.27. The number of carbonyl (C=O) groups is 2. The second kappa shape index (κ2) is 8.04. The predicted molar refractivity (Wildman–Crippen MR) is 101 cm³/mol. The molecule has 0 spiro atoms. The fourth-order valence-corrected chi connectivity index (χ4v) is 3.25. The number of hydrogen-bond donors (Lipinski definition) is 0. The summed E-state index contributed by atoms with van der Waals surface area (Å²) in [4.78, 5) is 25.7. The van der Waals surface area contributed by atoms with Crippen molar-refractivity contribution in [3.05, 3.63) is 48.0 Å². The minimum Gasteiger partial charge on any atom is -0.497 e. The van der Waals surface area contributed by atoms with Gasteiger partial charge in [0.15, 0.2) is 0 Å². The lowest BCUT2D eigenvalue weighted by Gasteiger charge is -2.29. The normalized spacial score (nSPS) is 15.4. The lowest BCUT2D eigenvalue weighted by Crippen LogP contribution is -2.39. The van der Waals surface area contributed by atoms with Crippen molar-refractivity contribution in [1.82, 2.24) is 4.90 Å². The highest BCUT2D eigenvalue weighted by atomic mass is 16.5. The maximum absolute atomic E-state index is 12.4. The molecule has 0 atom stereocenters. The van der Waals surface area contributed by atoms with Gasteiger partial charge in [-0.15, -0.1) is 0 Å². The molecule has 0 saturated carbocycles. The fraction of sp³-hybridized carbons (Fsp3) is 0.333. The largest absolute Gasteiger partial charge is 0.497 e. The molecule has 5 heteroatoms. The quantitative estimate of drug-likeness (QED) is 0.625. The molecule has 2 aromatic carbocycles. The number of hydrogen-bond acceptors (Lipinski definition) is 4. The Labute approximate surface area is 153 Å². The number of likely N-dealkylation sites (tertiary alicyclic amines) is 1. The first kappa shape index (κ1) is 18.0. The van der Waals surface area contributed by atoms with Gasteiger partial charge in [-0.2, -0.15) is 0 Å². The average molecular weight is 353 g/mol. The van der Waals surface area contributed by atoms with Crippen LogP contribution in [0.3, 0.4) is 0 Å². The van der Waals surface area contributed by atoms with Crippen LogP contribution in [0.5, 0.6) is 5.75 Å². The van der Waals surface area contributed by atoms with Crippen LogP contribution in [0, 0.1) is 5.92 Å². The number of rotatable bonds is 4. The Balaban J connectivity index is 1.63. The summed E-state index contributed by atoms with van der Waals surface area (Å²) in [5, 5.41) is 2.19. The van der Waals surface area contributed by atoms with E-state index in [0.29, 0.717) is 25.9 Å². The van der Waals surface area contributed by atoms with Gasteiger partial charge in [0.2, 0.25) is 5.91 Å². The van der Waals surface area contributed by atoms with Crippen LogP contribution < -0.4 is 4.74 Å². The van der Waals surface area contributed by atoms with E-state index in [1.54, 1.807) is 18.1 Å². The molecule has 0 N–H and O–H groups in total. The zero-order chi connectivity index (χ0) is 18.5. The molecule has 0 aliphatic carbocycles. The van der Waals surface area contributed by atoms with E-state index in [1.165, 1.54) is 7.11 Å². The van der Waals surface area contributed by atoms with E-state index in [4.69, 9.17) is 9.47 Å². The Bertz CT molecular complexity index is 835. The summed E-state index contributed by atoms with van der Waals surface area (Å²) in [5.74, 6) is 0.528. The van der Waals surface area contributed by atoms with Gasteiger partial charge in [0.25, 0.3) is 0 Å². The van der Waals surface area contributed by atoms with Gasteiger partial charge < -0.3 is 14.4 Å². The fourth-order valence-electron chi connectivity index (χ4n) is 3.25. The number of nitrogens with zero attached hydrogens (tertiary/aromatic N) is 1. The van der Waals surface area contributed by atoms with Crippen LogP contribution in [0.2, 0.25) is 0 Å². The third-order valence-corrected chi connectivity index (χ3v) is 4.83. The van der Waals surface area contributed by atoms with Gasteiger partial charge in [-0.25, -0.2) is 0 Å². The minimum atomic E-state index is -0.180. The van der Waals surface area contributed by atoms with E-state index in [9.17, 15) is 9.59 Å². The molecule has 5 nitrogen and oxygen atoms in total. The smallest absolute Gasteiger partial charge is 0.308 e. The summed E-state index contributed by atoms with van der Waals surface area (Å²) in [6.07, 6.45) is 4.75. The summed E-state index contributed by atoms with van der Waals surface area (Å²) in [6, 6.07) is 12.0. The molecule has 3 rings (SSSR count). The van der Waals surface area contributed by atoms with Gasteiger partial charge in [0, 0.05) is 19.2 Å². The van der Waals surface area contributed by atoms with Crippen LogP contribution in [0.1, 0.15) is 18.4 Å². The highest BCUT2D eigenvalue weighted by Gasteiger charge is 2.26. The van der Waals surface area contributed by atoms with Crippen LogP contribution in [0.15, 0.2) is 42.5 Å². The number of carbonyl (C=O) groups excluding carboxylic acids is 2. The molecule has 1 aliphatic rings. The molecule has 0 radical (unpaired) electrons. The average Bonchev–Trinajstić information content (AvgIpc) is 2.70. The van der Waals surface area contributed by atoms with E-state index in [-0.39, 0.29) is 17.8 Å². The molecule has 26 heavy (non-hydrogen) atoms. The molecule has 0 bridgehead atoms. The zero-order valence-corrected chi connectivity index (χ0v) is 15.1. The van der Waals surface area contributed by atoms with Gasteiger partial charge in [-0.1, -0.05) is 18.2 Å². The second-order valence-electron chi connectivity index (χ2n) is 6.43. The lowest BCUT2D eigenvalue weighted by atomic mass is 9.97. The van der Waals surface area contributed by atoms with Crippen molar-refractivity contribution in [2.24, 2.45) is 5.92 Å². The summed E-state index contributed by atoms with van der Waals surface area (Å²) in [6.45, 7) is 1.17. The molecule has 1 heterocycles. The van der Waals surface area contributed by atoms with Crippen molar-refractivity contribution >= 4 is 28.7 Å². The Kier molecular flexibility index (Phi) is 5.56. The summed E-state index contributed by atoms with van der Waals surface area (Å²) in [5.41, 5.74) is 0.973. The molecule has 0 unspecified atom stereocenters. The topological polar surface area (TPSA) is 55.8 Å². The summed E-state index contributed by atoms with van der Waals surface area (Å²) >= 11 is 0. The second-order valence-corrected chi connectivity index (χ2v) is 6.43. The zero-order valence-electron chi connectivity index (χ0n) is 15.1. The molecule has 2 aromatic rings. The van der Waals surface area contributed by atoms with Crippen LogP contribution in [-0.4, -0.2) is 44.1 Å². The number of fused-ring (bicyclic) bond motifs is 1. The molecule has 1 amide bonds. The van der Waals surface area contributed by atoms with E-state index in [0.717, 1.165) is 22.1 Å². The third-order valence-electron chi connectivity index (χ3n) is 4.83. The van der Waals surface area contributed by atoms with Gasteiger partial charge >= 0.3 is 5.97 Å². The highest BCUT2D eigenvalue weighted by Crippen LogP contribution is 2.23. The third kappa shape index (κ3) is 4.04. The van der Waals surface area contributed by atoms with E-state index in [2.05, 4.69) is 0 Å². The van der Waals surface area contributed by atoms with Gasteiger partial charge in [0.1, 0.15) is 5.75 Å². The Hall–Kier alpha value is -2.82. The molecular formula is C21H23NO4. The number of esters is 1. The molecule has 1 aliphatic heterocycles. The Morgan fingerprint density at radius 2 is 1.73 bits per heavy atom. The van der Waals surface area contributed by atoms with E-state index in [1.807, 2.05) is 42.5 Å². The Morgan fingerprint density at radius 3 is 2.42 bits per heavy atom. The number of benzene rings is 2. The van der Waals surface area contributed by atoms with Gasteiger partial charge in [-0.05, 0) is 53.5 Å². The van der Waals surface area contributed by atoms with Crippen molar-refractivity contribution in [2.45, 2.75) is 12.8 Å². The number of piperidine rings is 1. The maximum Gasteiger partial charge on any atom is 0.308 e. The lowest BCUT2D eigenvalue weighted by molar-refractivity contribution is -0.148. The van der Waals surface area contributed by atoms with Crippen molar-refractivity contribution < 1.29 is 19.1 Å². The van der Waals surface area contributed by atoms with E-state index < -0.39 is 0 Å². The molecular weight excluding hydrogens is 330 g/mol. The number of methoxy groups -OCH3 is 2. The van der Waals surface area contributed by atoms with Crippen LogP contribution in [-0.2, 0) is 14.3 Å². The maximum atomic E-state index is 12.4. The first-order chi connectivity index (χ1) is 12.6. The van der Waals surface area contributed by atoms with E-state index >= 15 is 0 Å². The monoisotopic (exact) mass is 353 g/mol. The van der Waals surface area contributed by atoms with Crippen LogP contribution in [0.4, 0.5) is 0 Å². The molecule has 0 aromatic heterocycles. The molecule has 1 fully saturated rings. The van der Waals surface area contributed by atoms with Crippen LogP contribution in [0.25, 0.3) is 16.8 Å². The highest BCUT2D eigenvalue weighted by molar-refractivity contribution is 5.93.